The van der Waals surface area contributed by atoms with Crippen molar-refractivity contribution in [1.29, 1.82) is 0 Å². The van der Waals surface area contributed by atoms with E-state index in [0.29, 0.717) is 6.42 Å². The van der Waals surface area contributed by atoms with Crippen molar-refractivity contribution >= 4 is 52.6 Å². The third-order valence-corrected chi connectivity index (χ3v) is 6.41. The molecule has 2 aromatic rings. The van der Waals surface area contributed by atoms with Crippen LogP contribution in [0.4, 0.5) is 5.69 Å². The van der Waals surface area contributed by atoms with E-state index in [-0.39, 0.29) is 5.91 Å². The molecular formula is C21H26ClN3OS2. The van der Waals surface area contributed by atoms with Gasteiger partial charge in [-0.2, -0.15) is 0 Å². The number of rotatable bonds is 4. The summed E-state index contributed by atoms with van der Waals surface area (Å²) in [7, 11) is 1.89. The fourth-order valence-corrected chi connectivity index (χ4v) is 4.72. The molecule has 0 unspecified atom stereocenters. The highest BCUT2D eigenvalue weighted by molar-refractivity contribution is 8.00. The summed E-state index contributed by atoms with van der Waals surface area (Å²) in [5.74, 6) is 0.275. The molecule has 0 radical (unpaired) electrons. The molecule has 7 heteroatoms. The molecule has 1 fully saturated rings. The number of fused-ring (bicyclic) bond motifs is 1. The Balaban J connectivity index is 0.000000178. The number of hydrogen-bond donors (Lipinski definition) is 2. The number of benzene rings is 1. The van der Waals surface area contributed by atoms with Crippen molar-refractivity contribution in [2.45, 2.75) is 32.2 Å². The lowest BCUT2D eigenvalue weighted by Crippen LogP contribution is -2.23. The lowest BCUT2D eigenvalue weighted by molar-refractivity contribution is -0.117. The predicted octanol–water partition coefficient (Wildman–Crippen LogP) is 5.09. The fourth-order valence-electron chi connectivity index (χ4n) is 3.32. The molecule has 0 saturated carbocycles. The number of carbonyl (C=O) groups is 1. The largest absolute Gasteiger partial charge is 0.313 e. The van der Waals surface area contributed by atoms with Gasteiger partial charge in [0, 0.05) is 30.1 Å². The van der Waals surface area contributed by atoms with Crippen LogP contribution >= 0.6 is 34.9 Å². The van der Waals surface area contributed by atoms with Crippen molar-refractivity contribution < 1.29 is 4.79 Å². The van der Waals surface area contributed by atoms with E-state index in [0.717, 1.165) is 42.5 Å². The Kier molecular flexibility index (Phi) is 8.43. The molecule has 2 N–H and O–H groups in total. The van der Waals surface area contributed by atoms with Crippen LogP contribution in [0.3, 0.4) is 0 Å². The topological polar surface area (TPSA) is 44.4 Å². The van der Waals surface area contributed by atoms with Crippen LogP contribution in [-0.4, -0.2) is 26.0 Å². The fraction of sp³-hybridized carbons (Fsp3) is 0.381. The molecule has 4 rings (SSSR count). The lowest BCUT2D eigenvalue weighted by Gasteiger charge is -2.17. The summed E-state index contributed by atoms with van der Waals surface area (Å²) in [5, 5.41) is 5.41. The van der Waals surface area contributed by atoms with Crippen LogP contribution in [-0.2, 0) is 17.8 Å². The summed E-state index contributed by atoms with van der Waals surface area (Å²) in [6.07, 6.45) is 6.04. The van der Waals surface area contributed by atoms with Crippen molar-refractivity contribution in [3.05, 3.63) is 56.1 Å². The van der Waals surface area contributed by atoms with E-state index in [2.05, 4.69) is 28.2 Å². The van der Waals surface area contributed by atoms with E-state index in [1.807, 2.05) is 35.6 Å². The van der Waals surface area contributed by atoms with E-state index >= 15 is 0 Å². The van der Waals surface area contributed by atoms with Gasteiger partial charge in [0.2, 0.25) is 5.91 Å². The molecule has 0 bridgehead atoms. The zero-order chi connectivity index (χ0) is 19.8. The molecule has 4 nitrogen and oxygen atoms in total. The number of carbonyl (C=O) groups excluding carboxylic acids is 1. The second kappa shape index (κ2) is 11.0. The van der Waals surface area contributed by atoms with Crippen LogP contribution in [0.15, 0.2) is 35.7 Å². The molecule has 3 heterocycles. The number of nitrogens with zero attached hydrogens (tertiary/aromatic N) is 1. The van der Waals surface area contributed by atoms with Gasteiger partial charge in [0.05, 0.1) is 4.34 Å². The van der Waals surface area contributed by atoms with Gasteiger partial charge in [-0.15, -0.1) is 11.3 Å². The van der Waals surface area contributed by atoms with Crippen molar-refractivity contribution in [3.8, 4) is 0 Å². The van der Waals surface area contributed by atoms with E-state index in [1.165, 1.54) is 22.4 Å². The molecule has 2 aliphatic rings. The Labute approximate surface area is 180 Å². The number of anilines is 1. The predicted molar refractivity (Wildman–Crippen MR) is 123 cm³/mol. The summed E-state index contributed by atoms with van der Waals surface area (Å²) in [5.41, 5.74) is 3.89. The van der Waals surface area contributed by atoms with Gasteiger partial charge in [-0.3, -0.25) is 9.52 Å². The number of amides is 1. The van der Waals surface area contributed by atoms with E-state index in [9.17, 15) is 4.79 Å². The van der Waals surface area contributed by atoms with Gasteiger partial charge < -0.3 is 10.2 Å². The van der Waals surface area contributed by atoms with E-state index < -0.39 is 0 Å². The second-order valence-corrected chi connectivity index (χ2v) is 9.31. The lowest BCUT2D eigenvalue weighted by atomic mass is 10.0. The average molecular weight is 436 g/mol. The SMILES string of the molecule is CNS/C=C/c1ccc(Cl)s1.O=C1CCCN1c1ccc2c(c1)CCCNC2. The summed E-state index contributed by atoms with van der Waals surface area (Å²) >= 11 is 8.86. The minimum absolute atomic E-state index is 0.275. The van der Waals surface area contributed by atoms with Crippen molar-refractivity contribution in [1.82, 2.24) is 10.0 Å². The summed E-state index contributed by atoms with van der Waals surface area (Å²) in [4.78, 5) is 14.8. The number of hydrogen-bond acceptors (Lipinski definition) is 5. The van der Waals surface area contributed by atoms with Crippen LogP contribution < -0.4 is 14.9 Å². The summed E-state index contributed by atoms with van der Waals surface area (Å²) in [6, 6.07) is 10.4. The Hall–Kier alpha value is -1.31. The van der Waals surface area contributed by atoms with Gasteiger partial charge >= 0.3 is 0 Å². The molecule has 1 aromatic heterocycles. The summed E-state index contributed by atoms with van der Waals surface area (Å²) < 4.78 is 3.78. The molecule has 1 saturated heterocycles. The molecule has 1 aromatic carbocycles. The number of aryl methyl sites for hydroxylation is 1. The zero-order valence-corrected chi connectivity index (χ0v) is 18.4. The smallest absolute Gasteiger partial charge is 0.227 e. The molecule has 1 amide bonds. The first-order chi connectivity index (χ1) is 13.7. The Morgan fingerprint density at radius 1 is 1.21 bits per heavy atom. The van der Waals surface area contributed by atoms with Gasteiger partial charge in [-0.05, 0) is 79.7 Å². The van der Waals surface area contributed by atoms with Gasteiger partial charge in [0.1, 0.15) is 0 Å². The van der Waals surface area contributed by atoms with Crippen LogP contribution in [0.5, 0.6) is 0 Å². The number of thiophene rings is 1. The van der Waals surface area contributed by atoms with Crippen LogP contribution in [0, 0.1) is 0 Å². The van der Waals surface area contributed by atoms with Gasteiger partial charge in [-0.1, -0.05) is 29.6 Å². The minimum atomic E-state index is 0.275. The zero-order valence-electron chi connectivity index (χ0n) is 16.0. The Morgan fingerprint density at radius 2 is 2.11 bits per heavy atom. The van der Waals surface area contributed by atoms with Gasteiger partial charge in [-0.25, -0.2) is 0 Å². The maximum Gasteiger partial charge on any atom is 0.227 e. The molecule has 0 aliphatic carbocycles. The maximum absolute atomic E-state index is 11.7. The number of nitrogens with one attached hydrogen (secondary N) is 2. The Morgan fingerprint density at radius 3 is 2.82 bits per heavy atom. The molecule has 0 atom stereocenters. The van der Waals surface area contributed by atoms with Crippen LogP contribution in [0.2, 0.25) is 4.34 Å². The summed E-state index contributed by atoms with van der Waals surface area (Å²) in [6.45, 7) is 2.94. The Bertz CT molecular complexity index is 822. The first kappa shape index (κ1) is 21.4. The maximum atomic E-state index is 11.7. The van der Waals surface area contributed by atoms with Gasteiger partial charge in [0.25, 0.3) is 0 Å². The normalized spacial score (nSPS) is 16.6. The third-order valence-electron chi connectivity index (χ3n) is 4.70. The standard InChI is InChI=1S/C14H18N2O.C7H8ClNS2/c17-14-4-2-8-16(14)13-6-5-12-10-15-7-1-3-11(12)9-13;1-9-10-5-4-6-2-3-7(8)11-6/h5-6,9,15H,1-4,7-8,10H2;2-5,9H,1H3/b;5-4+. The van der Waals surface area contributed by atoms with E-state index in [1.54, 1.807) is 23.3 Å². The van der Waals surface area contributed by atoms with Crippen molar-refractivity contribution in [2.75, 3.05) is 25.0 Å². The third kappa shape index (κ3) is 6.09. The molecule has 150 valence electrons. The van der Waals surface area contributed by atoms with Crippen molar-refractivity contribution in [2.24, 2.45) is 0 Å². The molecule has 28 heavy (non-hydrogen) atoms. The van der Waals surface area contributed by atoms with Crippen LogP contribution in [0.25, 0.3) is 6.08 Å². The van der Waals surface area contributed by atoms with Crippen molar-refractivity contribution in [3.63, 3.8) is 0 Å². The van der Waals surface area contributed by atoms with E-state index in [4.69, 9.17) is 11.6 Å². The number of halogens is 1. The second-order valence-electron chi connectivity index (χ2n) is 6.65. The monoisotopic (exact) mass is 435 g/mol. The minimum Gasteiger partial charge on any atom is -0.313 e. The first-order valence-electron chi connectivity index (χ1n) is 9.54. The molecule has 0 spiro atoms. The average Bonchev–Trinajstić information content (AvgIpc) is 3.23. The van der Waals surface area contributed by atoms with Crippen LogP contribution in [0.1, 0.15) is 35.3 Å². The quantitative estimate of drug-likeness (QED) is 0.656. The molecular weight excluding hydrogens is 410 g/mol. The van der Waals surface area contributed by atoms with Gasteiger partial charge in [0.15, 0.2) is 0 Å². The highest BCUT2D eigenvalue weighted by Gasteiger charge is 2.22. The molecule has 2 aliphatic heterocycles. The highest BCUT2D eigenvalue weighted by atomic mass is 35.5. The highest BCUT2D eigenvalue weighted by Crippen LogP contribution is 2.26. The first-order valence-corrected chi connectivity index (χ1v) is 11.6.